The summed E-state index contributed by atoms with van der Waals surface area (Å²) in [6.07, 6.45) is 8.59. The van der Waals surface area contributed by atoms with Gasteiger partial charge in [-0.25, -0.2) is 8.42 Å². The molecule has 2 aliphatic rings. The van der Waals surface area contributed by atoms with Crippen molar-refractivity contribution < 1.29 is 13.2 Å². The summed E-state index contributed by atoms with van der Waals surface area (Å²) in [6, 6.07) is 15.3. The highest BCUT2D eigenvalue weighted by atomic mass is 35.5. The number of sulfone groups is 1. The second kappa shape index (κ2) is 10.9. The van der Waals surface area contributed by atoms with Gasteiger partial charge in [-0.3, -0.25) is 4.90 Å². The number of allylic oxidation sites excluding steroid dienone is 1. The molecule has 0 amide bonds. The molecule has 2 aliphatic heterocycles. The molecular formula is C27H31ClN2O3S. The Balaban J connectivity index is 1.50. The fourth-order valence-corrected chi connectivity index (χ4v) is 5.79. The third kappa shape index (κ3) is 6.38. The van der Waals surface area contributed by atoms with Gasteiger partial charge in [0.25, 0.3) is 0 Å². The van der Waals surface area contributed by atoms with Crippen LogP contribution in [0.4, 0.5) is 0 Å². The third-order valence-electron chi connectivity index (χ3n) is 6.45. The molecule has 0 bridgehead atoms. The minimum atomic E-state index is -3.13. The largest absolute Gasteiger partial charge is 0.358 e. The smallest absolute Gasteiger partial charge is 0.151 e. The van der Waals surface area contributed by atoms with E-state index in [1.54, 1.807) is 6.07 Å². The molecule has 1 N–H and O–H groups in total. The number of hydrogen-bond acceptors (Lipinski definition) is 5. The number of carbonyl (C=O) groups excluding carboxylic acids is 1. The zero-order valence-electron chi connectivity index (χ0n) is 19.5. The Morgan fingerprint density at radius 2 is 1.97 bits per heavy atom. The van der Waals surface area contributed by atoms with E-state index in [4.69, 9.17) is 11.6 Å². The first-order valence-corrected chi connectivity index (χ1v) is 14.1. The molecule has 180 valence electrons. The molecule has 0 fully saturated rings. The third-order valence-corrected chi connectivity index (χ3v) is 7.63. The lowest BCUT2D eigenvalue weighted by molar-refractivity contribution is -0.109. The van der Waals surface area contributed by atoms with E-state index < -0.39 is 9.84 Å². The predicted octanol–water partition coefficient (Wildman–Crippen LogP) is 4.94. The number of nitrogens with zero attached hydrogens (tertiary/aromatic N) is 1. The van der Waals surface area contributed by atoms with E-state index >= 15 is 0 Å². The zero-order valence-corrected chi connectivity index (χ0v) is 21.0. The van der Waals surface area contributed by atoms with Gasteiger partial charge >= 0.3 is 0 Å². The second-order valence-electron chi connectivity index (χ2n) is 9.24. The summed E-state index contributed by atoms with van der Waals surface area (Å²) in [6.45, 7) is 2.24. The summed E-state index contributed by atoms with van der Waals surface area (Å²) in [5.41, 5.74) is 6.27. The minimum Gasteiger partial charge on any atom is -0.358 e. The molecule has 2 heterocycles. The molecule has 0 aliphatic carbocycles. The van der Waals surface area contributed by atoms with E-state index in [0.29, 0.717) is 12.1 Å². The molecule has 0 saturated heterocycles. The zero-order chi connectivity index (χ0) is 24.1. The highest BCUT2D eigenvalue weighted by Gasteiger charge is 2.24. The van der Waals surface area contributed by atoms with E-state index in [0.717, 1.165) is 66.9 Å². The lowest BCUT2D eigenvalue weighted by Crippen LogP contribution is -2.39. The predicted molar refractivity (Wildman–Crippen MR) is 138 cm³/mol. The minimum absolute atomic E-state index is 0.0204. The maximum absolute atomic E-state index is 12.0. The van der Waals surface area contributed by atoms with Gasteiger partial charge in [0.1, 0.15) is 6.29 Å². The van der Waals surface area contributed by atoms with E-state index in [9.17, 15) is 13.2 Å². The van der Waals surface area contributed by atoms with Gasteiger partial charge in [0.2, 0.25) is 0 Å². The molecule has 1 atom stereocenters. The number of halogens is 1. The van der Waals surface area contributed by atoms with Crippen molar-refractivity contribution in [2.75, 3.05) is 25.9 Å². The van der Waals surface area contributed by atoms with E-state index in [2.05, 4.69) is 16.3 Å². The van der Waals surface area contributed by atoms with Crippen LogP contribution in [0.2, 0.25) is 5.02 Å². The lowest BCUT2D eigenvalue weighted by atomic mass is 9.94. The van der Waals surface area contributed by atoms with E-state index in [1.165, 1.54) is 17.5 Å². The maximum Gasteiger partial charge on any atom is 0.151 e. The van der Waals surface area contributed by atoms with Crippen molar-refractivity contribution in [2.45, 2.75) is 37.4 Å². The van der Waals surface area contributed by atoms with Crippen LogP contribution >= 0.6 is 11.6 Å². The Bertz CT molecular complexity index is 1220. The van der Waals surface area contributed by atoms with Crippen LogP contribution in [0.15, 0.2) is 65.9 Å². The molecule has 0 saturated carbocycles. The topological polar surface area (TPSA) is 66.5 Å². The second-order valence-corrected chi connectivity index (χ2v) is 11.8. The van der Waals surface area contributed by atoms with Crippen molar-refractivity contribution in [3.05, 3.63) is 87.6 Å². The van der Waals surface area contributed by atoms with Gasteiger partial charge in [-0.05, 0) is 48.4 Å². The van der Waals surface area contributed by atoms with Crippen LogP contribution in [0.1, 0.15) is 48.3 Å². The molecule has 34 heavy (non-hydrogen) atoms. The first-order valence-electron chi connectivity index (χ1n) is 11.7. The number of hydrogen-bond donors (Lipinski definition) is 1. The fraction of sp³-hybridized carbons (Fsp3) is 0.370. The molecule has 7 heteroatoms. The van der Waals surface area contributed by atoms with Gasteiger partial charge < -0.3 is 10.1 Å². The van der Waals surface area contributed by atoms with Crippen LogP contribution in [0.5, 0.6) is 0 Å². The number of rotatable bonds is 7. The van der Waals surface area contributed by atoms with Crippen molar-refractivity contribution in [3.8, 4) is 0 Å². The van der Waals surface area contributed by atoms with Crippen molar-refractivity contribution in [1.82, 2.24) is 10.2 Å². The Morgan fingerprint density at radius 1 is 1.15 bits per heavy atom. The van der Waals surface area contributed by atoms with Gasteiger partial charge in [0, 0.05) is 47.9 Å². The van der Waals surface area contributed by atoms with Crippen LogP contribution < -0.4 is 5.32 Å². The van der Waals surface area contributed by atoms with Crippen molar-refractivity contribution in [3.63, 3.8) is 0 Å². The quantitative estimate of drug-likeness (QED) is 0.547. The standard InChI is InChI=1S/C27H31ClN2O3S/c1-34(32,33)19-20-7-6-9-22(15-20)23(18-31)16-30-14-13-21-8-2-5-12-26(29-27(21)17-30)24-10-3-4-11-25(24)28/h3-4,6-7,9-12,15,18,23,29H,2,5,8,13-14,16-17,19H2,1H3/b26-12+/t23-/m0/s1. The molecule has 5 nitrogen and oxygen atoms in total. The fourth-order valence-electron chi connectivity index (χ4n) is 4.77. The first kappa shape index (κ1) is 24.7. The van der Waals surface area contributed by atoms with Crippen LogP contribution in [0.25, 0.3) is 5.70 Å². The molecule has 2 aromatic rings. The highest BCUT2D eigenvalue weighted by Crippen LogP contribution is 2.30. The Morgan fingerprint density at radius 3 is 2.74 bits per heavy atom. The highest BCUT2D eigenvalue weighted by molar-refractivity contribution is 7.89. The van der Waals surface area contributed by atoms with Gasteiger partial charge in [0.15, 0.2) is 9.84 Å². The van der Waals surface area contributed by atoms with Gasteiger partial charge in [-0.2, -0.15) is 0 Å². The Kier molecular flexibility index (Phi) is 7.91. The maximum atomic E-state index is 12.0. The molecule has 0 aromatic heterocycles. The normalized spacial score (nSPS) is 19.8. The van der Waals surface area contributed by atoms with E-state index in [-0.39, 0.29) is 11.7 Å². The van der Waals surface area contributed by atoms with Crippen LogP contribution in [0, 0.1) is 0 Å². The summed E-state index contributed by atoms with van der Waals surface area (Å²) in [4.78, 5) is 14.3. The number of aldehydes is 1. The number of nitrogens with one attached hydrogen (secondary N) is 1. The average molecular weight is 499 g/mol. The molecular weight excluding hydrogens is 468 g/mol. The summed E-state index contributed by atoms with van der Waals surface area (Å²) in [7, 11) is -3.13. The molecule has 0 radical (unpaired) electrons. The lowest BCUT2D eigenvalue weighted by Gasteiger charge is -2.34. The Labute approximate surface area is 207 Å². The monoisotopic (exact) mass is 498 g/mol. The van der Waals surface area contributed by atoms with Gasteiger partial charge in [0.05, 0.1) is 11.7 Å². The molecule has 0 unspecified atom stereocenters. The first-order chi connectivity index (χ1) is 16.3. The number of carbonyl (C=O) groups is 1. The van der Waals surface area contributed by atoms with Crippen LogP contribution in [-0.2, 0) is 20.4 Å². The average Bonchev–Trinajstić information content (AvgIpc) is 2.78. The molecule has 4 rings (SSSR count). The van der Waals surface area contributed by atoms with Gasteiger partial charge in [-0.15, -0.1) is 0 Å². The summed E-state index contributed by atoms with van der Waals surface area (Å²) in [5, 5.41) is 4.40. The summed E-state index contributed by atoms with van der Waals surface area (Å²) < 4.78 is 23.4. The SMILES string of the molecule is CS(=O)(=O)Cc1cccc([C@H](C=O)CN2CCC3=C(C2)N/C(c2ccccc2Cl)=C/CCC3)c1. The van der Waals surface area contributed by atoms with Crippen LogP contribution in [-0.4, -0.2) is 45.5 Å². The summed E-state index contributed by atoms with van der Waals surface area (Å²) >= 11 is 6.48. The van der Waals surface area contributed by atoms with Crippen LogP contribution in [0.3, 0.4) is 0 Å². The van der Waals surface area contributed by atoms with Crippen molar-refractivity contribution in [1.29, 1.82) is 0 Å². The molecule has 0 spiro atoms. The molecule has 2 aromatic carbocycles. The van der Waals surface area contributed by atoms with E-state index in [1.807, 2.05) is 42.5 Å². The van der Waals surface area contributed by atoms with Gasteiger partial charge in [-0.1, -0.05) is 60.1 Å². The van der Waals surface area contributed by atoms with Crippen molar-refractivity contribution >= 4 is 33.4 Å². The number of benzene rings is 2. The Hall–Kier alpha value is -2.41. The summed E-state index contributed by atoms with van der Waals surface area (Å²) in [5.74, 6) is -0.332. The van der Waals surface area contributed by atoms with Crippen molar-refractivity contribution in [2.24, 2.45) is 0 Å².